The van der Waals surface area contributed by atoms with Gasteiger partial charge in [0.1, 0.15) is 5.82 Å². The van der Waals surface area contributed by atoms with Gasteiger partial charge in [0.15, 0.2) is 9.84 Å². The number of hydrogen-bond donors (Lipinski definition) is 2. The van der Waals surface area contributed by atoms with Gasteiger partial charge in [0.25, 0.3) is 0 Å². The molecule has 1 aromatic carbocycles. The van der Waals surface area contributed by atoms with Crippen molar-refractivity contribution in [3.63, 3.8) is 0 Å². The zero-order chi connectivity index (χ0) is 17.7. The third kappa shape index (κ3) is 5.87. The van der Waals surface area contributed by atoms with Gasteiger partial charge in [0, 0.05) is 18.4 Å². The number of amides is 1. The summed E-state index contributed by atoms with van der Waals surface area (Å²) < 4.78 is 36.4. The van der Waals surface area contributed by atoms with Crippen LogP contribution >= 0.6 is 0 Å². The average molecular weight is 356 g/mol. The van der Waals surface area contributed by atoms with Gasteiger partial charge in [-0.25, -0.2) is 12.8 Å². The van der Waals surface area contributed by atoms with Gasteiger partial charge < -0.3 is 10.6 Å². The van der Waals surface area contributed by atoms with Crippen molar-refractivity contribution < 1.29 is 17.6 Å². The van der Waals surface area contributed by atoms with Crippen molar-refractivity contribution in [3.05, 3.63) is 29.6 Å². The van der Waals surface area contributed by atoms with E-state index in [2.05, 4.69) is 17.6 Å². The zero-order valence-corrected chi connectivity index (χ0v) is 15.0. The summed E-state index contributed by atoms with van der Waals surface area (Å²) in [6.45, 7) is 4.03. The van der Waals surface area contributed by atoms with Crippen LogP contribution in [0.15, 0.2) is 18.2 Å². The van der Waals surface area contributed by atoms with E-state index in [0.29, 0.717) is 18.0 Å². The Morgan fingerprint density at radius 1 is 1.38 bits per heavy atom. The van der Waals surface area contributed by atoms with Gasteiger partial charge in [-0.15, -0.1) is 0 Å². The van der Waals surface area contributed by atoms with E-state index in [1.807, 2.05) is 0 Å². The fourth-order valence-corrected chi connectivity index (χ4v) is 3.96. The molecule has 5 nitrogen and oxygen atoms in total. The number of carbonyl (C=O) groups excluding carboxylic acids is 1. The van der Waals surface area contributed by atoms with Crippen LogP contribution in [0, 0.1) is 17.7 Å². The molecule has 1 heterocycles. The predicted molar refractivity (Wildman–Crippen MR) is 93.0 cm³/mol. The van der Waals surface area contributed by atoms with E-state index in [4.69, 9.17) is 0 Å². The van der Waals surface area contributed by atoms with Crippen LogP contribution in [0.5, 0.6) is 0 Å². The number of nitrogens with one attached hydrogen (secondary N) is 2. The number of halogens is 1. The van der Waals surface area contributed by atoms with E-state index < -0.39 is 15.7 Å². The first kappa shape index (κ1) is 18.9. The molecule has 0 aromatic heterocycles. The molecule has 1 aliphatic heterocycles. The van der Waals surface area contributed by atoms with Gasteiger partial charge in [-0.3, -0.25) is 4.79 Å². The summed E-state index contributed by atoms with van der Waals surface area (Å²) in [6, 6.07) is 3.80. The van der Waals surface area contributed by atoms with Crippen molar-refractivity contribution in [2.75, 3.05) is 24.7 Å². The van der Waals surface area contributed by atoms with E-state index in [9.17, 15) is 17.6 Å². The second-order valence-corrected chi connectivity index (χ2v) is 8.83. The molecule has 1 aromatic rings. The van der Waals surface area contributed by atoms with Crippen LogP contribution < -0.4 is 10.6 Å². The van der Waals surface area contributed by atoms with Gasteiger partial charge in [-0.1, -0.05) is 6.92 Å². The number of sulfone groups is 1. The van der Waals surface area contributed by atoms with Gasteiger partial charge in [-0.2, -0.15) is 0 Å². The molecule has 0 spiro atoms. The van der Waals surface area contributed by atoms with Gasteiger partial charge in [0.2, 0.25) is 5.91 Å². The minimum absolute atomic E-state index is 0.164. The van der Waals surface area contributed by atoms with E-state index in [0.717, 1.165) is 38.3 Å². The van der Waals surface area contributed by atoms with E-state index in [1.54, 1.807) is 0 Å². The molecule has 1 fully saturated rings. The lowest BCUT2D eigenvalue weighted by molar-refractivity contribution is -0.117. The van der Waals surface area contributed by atoms with Crippen LogP contribution in [0.4, 0.5) is 10.1 Å². The smallest absolute Gasteiger partial charge is 0.224 e. The predicted octanol–water partition coefficient (Wildman–Crippen LogP) is 2.33. The number of rotatable bonds is 6. The van der Waals surface area contributed by atoms with E-state index >= 15 is 0 Å². The Morgan fingerprint density at radius 2 is 2.04 bits per heavy atom. The summed E-state index contributed by atoms with van der Waals surface area (Å²) in [5.74, 6) is -0.215. The molecular formula is C17H25FN2O3S. The third-order valence-electron chi connectivity index (χ3n) is 4.45. The van der Waals surface area contributed by atoms with Crippen LogP contribution in [-0.4, -0.2) is 33.7 Å². The number of carbonyl (C=O) groups is 1. The van der Waals surface area contributed by atoms with Gasteiger partial charge >= 0.3 is 0 Å². The molecule has 0 bridgehead atoms. The SMILES string of the molecule is CC(CC(=O)Nc1ccc(F)cc1CS(C)(=O)=O)C1CCNCC1. The molecule has 2 rings (SSSR count). The van der Waals surface area contributed by atoms with Crippen LogP contribution in [0.2, 0.25) is 0 Å². The monoisotopic (exact) mass is 356 g/mol. The van der Waals surface area contributed by atoms with Crippen LogP contribution in [0.25, 0.3) is 0 Å². The Bertz CT molecular complexity index is 685. The highest BCUT2D eigenvalue weighted by atomic mass is 32.2. The van der Waals surface area contributed by atoms with Crippen molar-refractivity contribution in [1.82, 2.24) is 5.32 Å². The summed E-state index contributed by atoms with van der Waals surface area (Å²) in [4.78, 5) is 12.3. The van der Waals surface area contributed by atoms with Crippen molar-refractivity contribution in [2.45, 2.75) is 31.9 Å². The van der Waals surface area contributed by atoms with Crippen molar-refractivity contribution in [3.8, 4) is 0 Å². The largest absolute Gasteiger partial charge is 0.326 e. The summed E-state index contributed by atoms with van der Waals surface area (Å²) in [7, 11) is -3.32. The molecule has 1 aliphatic rings. The van der Waals surface area contributed by atoms with Crippen molar-refractivity contribution in [2.24, 2.45) is 11.8 Å². The first-order valence-electron chi connectivity index (χ1n) is 8.21. The number of anilines is 1. The normalized spacial score (nSPS) is 17.5. The highest BCUT2D eigenvalue weighted by molar-refractivity contribution is 7.89. The lowest BCUT2D eigenvalue weighted by Crippen LogP contribution is -2.32. The zero-order valence-electron chi connectivity index (χ0n) is 14.1. The lowest BCUT2D eigenvalue weighted by atomic mass is 9.84. The maximum Gasteiger partial charge on any atom is 0.224 e. The molecule has 0 aliphatic carbocycles. The van der Waals surface area contributed by atoms with Crippen LogP contribution in [0.1, 0.15) is 31.7 Å². The maximum atomic E-state index is 13.4. The minimum Gasteiger partial charge on any atom is -0.326 e. The van der Waals surface area contributed by atoms with Crippen LogP contribution in [-0.2, 0) is 20.4 Å². The first-order chi connectivity index (χ1) is 11.2. The van der Waals surface area contributed by atoms with Gasteiger partial charge in [0.05, 0.1) is 5.75 Å². The topological polar surface area (TPSA) is 75.3 Å². The fraction of sp³-hybridized carbons (Fsp3) is 0.588. The Hall–Kier alpha value is -1.47. The summed E-state index contributed by atoms with van der Waals surface area (Å²) in [5.41, 5.74) is 0.643. The van der Waals surface area contributed by atoms with E-state index in [-0.39, 0.29) is 23.1 Å². The Morgan fingerprint density at radius 3 is 2.67 bits per heavy atom. The molecular weight excluding hydrogens is 331 g/mol. The molecule has 1 unspecified atom stereocenters. The maximum absolute atomic E-state index is 13.4. The first-order valence-corrected chi connectivity index (χ1v) is 10.3. The number of hydrogen-bond acceptors (Lipinski definition) is 4. The molecule has 24 heavy (non-hydrogen) atoms. The quantitative estimate of drug-likeness (QED) is 0.820. The summed E-state index contributed by atoms with van der Waals surface area (Å²) in [5, 5.41) is 6.05. The molecule has 134 valence electrons. The fourth-order valence-electron chi connectivity index (χ4n) is 3.16. The average Bonchev–Trinajstić information content (AvgIpc) is 2.49. The molecule has 1 atom stereocenters. The summed E-state index contributed by atoms with van der Waals surface area (Å²) >= 11 is 0. The molecule has 2 N–H and O–H groups in total. The Balaban J connectivity index is 2.02. The van der Waals surface area contributed by atoms with E-state index in [1.165, 1.54) is 12.1 Å². The van der Waals surface area contributed by atoms with Crippen LogP contribution in [0.3, 0.4) is 0 Å². The highest BCUT2D eigenvalue weighted by Crippen LogP contribution is 2.25. The van der Waals surface area contributed by atoms with Gasteiger partial charge in [-0.05, 0) is 61.5 Å². The molecule has 1 saturated heterocycles. The third-order valence-corrected chi connectivity index (χ3v) is 5.29. The molecule has 1 amide bonds. The highest BCUT2D eigenvalue weighted by Gasteiger charge is 2.22. The number of benzene rings is 1. The molecule has 0 saturated carbocycles. The minimum atomic E-state index is -3.32. The molecule has 0 radical (unpaired) electrons. The Kier molecular flexibility index (Phi) is 6.34. The molecule has 7 heteroatoms. The number of piperidine rings is 1. The summed E-state index contributed by atoms with van der Waals surface area (Å²) in [6.07, 6.45) is 3.58. The second-order valence-electron chi connectivity index (χ2n) is 6.69. The lowest BCUT2D eigenvalue weighted by Gasteiger charge is -2.28. The van der Waals surface area contributed by atoms with Crippen molar-refractivity contribution in [1.29, 1.82) is 0 Å². The Labute approximate surface area is 142 Å². The second kappa shape index (κ2) is 8.07. The standard InChI is InChI=1S/C17H25FN2O3S/c1-12(13-5-7-19-8-6-13)9-17(21)20-16-4-3-15(18)10-14(16)11-24(2,22)23/h3-4,10,12-13,19H,5-9,11H2,1-2H3,(H,20,21). The van der Waals surface area contributed by atoms with Crippen molar-refractivity contribution >= 4 is 21.4 Å².